The first-order chi connectivity index (χ1) is 7.36. The number of rotatable bonds is 1. The Balaban J connectivity index is 0.000000531. The van der Waals surface area contributed by atoms with E-state index in [4.69, 9.17) is 4.74 Å². The molecule has 2 heteroatoms. The van der Waals surface area contributed by atoms with E-state index in [0.717, 1.165) is 26.3 Å². The molecule has 1 aliphatic heterocycles. The van der Waals surface area contributed by atoms with Gasteiger partial charge in [-0.15, -0.1) is 0 Å². The monoisotopic (exact) mass is 207 g/mol. The van der Waals surface area contributed by atoms with E-state index in [2.05, 4.69) is 36.1 Å². The standard InChI is InChI=1S/C11H15NO.C2H6/c1-10-2-4-11(5-3-10)12-6-8-13-9-7-12;1-2/h2-5H,6-9H2,1H3;1-2H3. The number of hydrogen-bond acceptors (Lipinski definition) is 2. The van der Waals surface area contributed by atoms with Gasteiger partial charge in [0.25, 0.3) is 0 Å². The number of ether oxygens (including phenoxy) is 1. The molecular formula is C13H21NO. The second kappa shape index (κ2) is 6.46. The van der Waals surface area contributed by atoms with Crippen molar-refractivity contribution in [3.05, 3.63) is 29.8 Å². The van der Waals surface area contributed by atoms with Gasteiger partial charge in [0.1, 0.15) is 0 Å². The number of hydrogen-bond donors (Lipinski definition) is 0. The Hall–Kier alpha value is -1.02. The number of nitrogens with zero attached hydrogens (tertiary/aromatic N) is 1. The maximum absolute atomic E-state index is 5.30. The fourth-order valence-corrected chi connectivity index (χ4v) is 1.58. The summed E-state index contributed by atoms with van der Waals surface area (Å²) in [6, 6.07) is 8.68. The molecule has 0 unspecified atom stereocenters. The van der Waals surface area contributed by atoms with Crippen LogP contribution in [0.1, 0.15) is 19.4 Å². The molecule has 1 fully saturated rings. The van der Waals surface area contributed by atoms with Gasteiger partial charge in [-0.05, 0) is 19.1 Å². The van der Waals surface area contributed by atoms with Gasteiger partial charge in [-0.1, -0.05) is 31.5 Å². The van der Waals surface area contributed by atoms with E-state index in [-0.39, 0.29) is 0 Å². The molecule has 1 aromatic carbocycles. The quantitative estimate of drug-likeness (QED) is 0.702. The topological polar surface area (TPSA) is 12.5 Å². The van der Waals surface area contributed by atoms with Crippen LogP contribution in [0.3, 0.4) is 0 Å². The number of benzene rings is 1. The van der Waals surface area contributed by atoms with Crippen LogP contribution in [0.4, 0.5) is 5.69 Å². The van der Waals surface area contributed by atoms with E-state index >= 15 is 0 Å². The maximum Gasteiger partial charge on any atom is 0.0642 e. The van der Waals surface area contributed by atoms with E-state index in [1.165, 1.54) is 11.3 Å². The number of anilines is 1. The van der Waals surface area contributed by atoms with Gasteiger partial charge in [0.05, 0.1) is 13.2 Å². The highest BCUT2D eigenvalue weighted by molar-refractivity contribution is 5.47. The van der Waals surface area contributed by atoms with Crippen LogP contribution >= 0.6 is 0 Å². The van der Waals surface area contributed by atoms with Crippen molar-refractivity contribution in [1.29, 1.82) is 0 Å². The average Bonchev–Trinajstić information content (AvgIpc) is 2.34. The zero-order valence-corrected chi connectivity index (χ0v) is 9.99. The van der Waals surface area contributed by atoms with Gasteiger partial charge in [0, 0.05) is 18.8 Å². The van der Waals surface area contributed by atoms with Crippen LogP contribution in [-0.4, -0.2) is 26.3 Å². The van der Waals surface area contributed by atoms with Crippen molar-refractivity contribution in [1.82, 2.24) is 0 Å². The Labute approximate surface area is 92.9 Å². The minimum Gasteiger partial charge on any atom is -0.378 e. The highest BCUT2D eigenvalue weighted by Crippen LogP contribution is 2.15. The van der Waals surface area contributed by atoms with Crippen molar-refractivity contribution < 1.29 is 4.74 Å². The van der Waals surface area contributed by atoms with E-state index < -0.39 is 0 Å². The third-order valence-corrected chi connectivity index (χ3v) is 2.41. The molecule has 2 nitrogen and oxygen atoms in total. The fourth-order valence-electron chi connectivity index (χ4n) is 1.58. The molecule has 0 atom stereocenters. The van der Waals surface area contributed by atoms with Crippen LogP contribution < -0.4 is 4.90 Å². The smallest absolute Gasteiger partial charge is 0.0642 e. The molecule has 15 heavy (non-hydrogen) atoms. The van der Waals surface area contributed by atoms with Crippen molar-refractivity contribution >= 4 is 5.69 Å². The summed E-state index contributed by atoms with van der Waals surface area (Å²) in [6.45, 7) is 9.86. The molecule has 0 N–H and O–H groups in total. The molecular weight excluding hydrogens is 186 g/mol. The minimum atomic E-state index is 0.855. The van der Waals surface area contributed by atoms with E-state index in [0.29, 0.717) is 0 Å². The van der Waals surface area contributed by atoms with Crippen molar-refractivity contribution in [2.75, 3.05) is 31.2 Å². The van der Waals surface area contributed by atoms with Crippen LogP contribution in [0.5, 0.6) is 0 Å². The van der Waals surface area contributed by atoms with Crippen LogP contribution in [0.2, 0.25) is 0 Å². The van der Waals surface area contributed by atoms with Crippen molar-refractivity contribution in [2.24, 2.45) is 0 Å². The van der Waals surface area contributed by atoms with E-state index in [1.807, 2.05) is 13.8 Å². The lowest BCUT2D eigenvalue weighted by atomic mass is 10.2. The van der Waals surface area contributed by atoms with Crippen LogP contribution in [0.15, 0.2) is 24.3 Å². The Bertz CT molecular complexity index is 262. The zero-order chi connectivity index (χ0) is 11.1. The lowest BCUT2D eigenvalue weighted by Gasteiger charge is -2.28. The Morgan fingerprint density at radius 1 is 1.00 bits per heavy atom. The predicted molar refractivity (Wildman–Crippen MR) is 65.6 cm³/mol. The summed E-state index contributed by atoms with van der Waals surface area (Å²) in [5.41, 5.74) is 2.63. The summed E-state index contributed by atoms with van der Waals surface area (Å²) in [7, 11) is 0. The van der Waals surface area contributed by atoms with Crippen LogP contribution in [-0.2, 0) is 4.74 Å². The van der Waals surface area contributed by atoms with Gasteiger partial charge in [0.2, 0.25) is 0 Å². The van der Waals surface area contributed by atoms with Crippen LogP contribution in [0.25, 0.3) is 0 Å². The van der Waals surface area contributed by atoms with Gasteiger partial charge in [-0.2, -0.15) is 0 Å². The summed E-state index contributed by atoms with van der Waals surface area (Å²) >= 11 is 0. The first-order valence-electron chi connectivity index (χ1n) is 5.75. The Kier molecular flexibility index (Phi) is 5.19. The van der Waals surface area contributed by atoms with Gasteiger partial charge in [-0.3, -0.25) is 0 Å². The highest BCUT2D eigenvalue weighted by Gasteiger charge is 2.09. The summed E-state index contributed by atoms with van der Waals surface area (Å²) in [4.78, 5) is 2.36. The maximum atomic E-state index is 5.30. The molecule has 0 aliphatic carbocycles. The van der Waals surface area contributed by atoms with Crippen molar-refractivity contribution in [2.45, 2.75) is 20.8 Å². The van der Waals surface area contributed by atoms with Crippen LogP contribution in [0, 0.1) is 6.92 Å². The molecule has 0 spiro atoms. The molecule has 84 valence electrons. The first-order valence-corrected chi connectivity index (χ1v) is 5.75. The largest absolute Gasteiger partial charge is 0.378 e. The second-order valence-electron chi connectivity index (χ2n) is 3.43. The Morgan fingerprint density at radius 2 is 1.53 bits per heavy atom. The van der Waals surface area contributed by atoms with Gasteiger partial charge in [0.15, 0.2) is 0 Å². The molecule has 1 aliphatic rings. The van der Waals surface area contributed by atoms with Gasteiger partial charge < -0.3 is 9.64 Å². The summed E-state index contributed by atoms with van der Waals surface area (Å²) in [5.74, 6) is 0. The normalized spacial score (nSPS) is 15.5. The molecule has 0 amide bonds. The SMILES string of the molecule is CC.Cc1ccc(N2CCOCC2)cc1. The molecule has 0 bridgehead atoms. The van der Waals surface area contributed by atoms with Crippen molar-refractivity contribution in [3.8, 4) is 0 Å². The van der Waals surface area contributed by atoms with Crippen molar-refractivity contribution in [3.63, 3.8) is 0 Å². The van der Waals surface area contributed by atoms with Gasteiger partial charge in [-0.25, -0.2) is 0 Å². The highest BCUT2D eigenvalue weighted by atomic mass is 16.5. The van der Waals surface area contributed by atoms with E-state index in [1.54, 1.807) is 0 Å². The summed E-state index contributed by atoms with van der Waals surface area (Å²) in [6.07, 6.45) is 0. The zero-order valence-electron chi connectivity index (χ0n) is 9.99. The molecule has 2 rings (SSSR count). The second-order valence-corrected chi connectivity index (χ2v) is 3.43. The van der Waals surface area contributed by atoms with E-state index in [9.17, 15) is 0 Å². The Morgan fingerprint density at radius 3 is 2.07 bits per heavy atom. The number of morpholine rings is 1. The summed E-state index contributed by atoms with van der Waals surface area (Å²) < 4.78 is 5.30. The molecule has 1 aromatic rings. The average molecular weight is 207 g/mol. The fraction of sp³-hybridized carbons (Fsp3) is 0.538. The first kappa shape index (κ1) is 12.1. The summed E-state index contributed by atoms with van der Waals surface area (Å²) in [5, 5.41) is 0. The molecule has 0 aromatic heterocycles. The molecule has 0 saturated carbocycles. The minimum absolute atomic E-state index is 0.855. The number of aryl methyl sites for hydroxylation is 1. The van der Waals surface area contributed by atoms with Gasteiger partial charge >= 0.3 is 0 Å². The lowest BCUT2D eigenvalue weighted by molar-refractivity contribution is 0.122. The lowest BCUT2D eigenvalue weighted by Crippen LogP contribution is -2.36. The predicted octanol–water partition coefficient (Wildman–Crippen LogP) is 2.86. The molecule has 0 radical (unpaired) electrons. The molecule has 1 heterocycles. The third-order valence-electron chi connectivity index (χ3n) is 2.41. The molecule has 1 saturated heterocycles. The third kappa shape index (κ3) is 3.56.